The van der Waals surface area contributed by atoms with Crippen molar-refractivity contribution in [1.29, 1.82) is 0 Å². The van der Waals surface area contributed by atoms with Gasteiger partial charge in [0.1, 0.15) is 11.5 Å². The van der Waals surface area contributed by atoms with Gasteiger partial charge in [0.2, 0.25) is 11.8 Å². The molecular formula is C32H26Cl2N6O4S2. The van der Waals surface area contributed by atoms with Crippen molar-refractivity contribution < 1.29 is 19.1 Å². The van der Waals surface area contributed by atoms with Crippen LogP contribution >= 0.6 is 46.7 Å². The number of carbonyl (C=O) groups is 2. The van der Waals surface area contributed by atoms with Crippen LogP contribution in [0, 0.1) is 0 Å². The first-order valence-electron chi connectivity index (χ1n) is 13.8. The molecule has 0 aliphatic heterocycles. The largest absolute Gasteiger partial charge is 0.495 e. The minimum atomic E-state index is -0.209. The summed E-state index contributed by atoms with van der Waals surface area (Å²) in [5.74, 6) is 0.868. The molecular weight excluding hydrogens is 667 g/mol. The summed E-state index contributed by atoms with van der Waals surface area (Å²) in [5, 5.41) is 8.28. The second-order valence-corrected chi connectivity index (χ2v) is 12.7. The molecule has 6 rings (SSSR count). The monoisotopic (exact) mass is 692 g/mol. The average Bonchev–Trinajstić information content (AvgIpc) is 3.66. The van der Waals surface area contributed by atoms with Crippen molar-refractivity contribution >= 4 is 92.0 Å². The molecule has 10 nitrogen and oxygen atoms in total. The van der Waals surface area contributed by atoms with Gasteiger partial charge in [-0.3, -0.25) is 9.59 Å². The summed E-state index contributed by atoms with van der Waals surface area (Å²) in [6.45, 7) is 0. The molecule has 0 fully saturated rings. The summed E-state index contributed by atoms with van der Waals surface area (Å²) in [6, 6.07) is 21.8. The van der Waals surface area contributed by atoms with E-state index in [0.717, 1.165) is 33.2 Å². The Kier molecular flexibility index (Phi) is 9.59. The van der Waals surface area contributed by atoms with Crippen molar-refractivity contribution in [2.24, 2.45) is 0 Å². The van der Waals surface area contributed by atoms with E-state index < -0.39 is 0 Å². The molecule has 2 heterocycles. The number of imidazole rings is 2. The summed E-state index contributed by atoms with van der Waals surface area (Å²) in [7, 11) is 3.08. The lowest BCUT2D eigenvalue weighted by molar-refractivity contribution is -0.114. The Bertz CT molecular complexity index is 1940. The molecule has 0 radical (unpaired) electrons. The van der Waals surface area contributed by atoms with Crippen molar-refractivity contribution in [3.63, 3.8) is 0 Å². The van der Waals surface area contributed by atoms with Crippen LogP contribution in [0.25, 0.3) is 33.2 Å². The van der Waals surface area contributed by atoms with Gasteiger partial charge >= 0.3 is 0 Å². The minimum absolute atomic E-state index is 0.147. The highest BCUT2D eigenvalue weighted by Gasteiger charge is 2.15. The standard InChI is InChI=1S/C32H26Cl2N6O4S2/c1-43-27-11-17(3-7-23(27)35-29(41)15-45-31-37-21-9-5-19(33)13-25(21)39-31)18-4-8-24(28(12-18)44-2)36-30(42)16-46-32-38-22-10-6-20(34)14-26(22)40-32/h3-14H,15-16H2,1-2H3,(H,35,41)(H,36,42)(H,37,39)(H,38,40). The molecule has 234 valence electrons. The molecule has 6 aromatic rings. The Morgan fingerprint density at radius 3 is 1.52 bits per heavy atom. The maximum absolute atomic E-state index is 12.8. The Labute approximate surface area is 282 Å². The number of H-pyrrole nitrogens is 2. The van der Waals surface area contributed by atoms with Gasteiger partial charge in [-0.1, -0.05) is 58.9 Å². The topological polar surface area (TPSA) is 134 Å². The van der Waals surface area contributed by atoms with Crippen molar-refractivity contribution in [2.45, 2.75) is 10.3 Å². The first kappa shape index (κ1) is 31.6. The van der Waals surface area contributed by atoms with Crippen LogP contribution in [0.2, 0.25) is 10.0 Å². The number of hydrogen-bond donors (Lipinski definition) is 4. The molecule has 2 amide bonds. The van der Waals surface area contributed by atoms with Crippen LogP contribution in [0.15, 0.2) is 83.1 Å². The highest BCUT2D eigenvalue weighted by Crippen LogP contribution is 2.35. The zero-order valence-electron chi connectivity index (χ0n) is 24.4. The summed E-state index contributed by atoms with van der Waals surface area (Å²) in [5.41, 5.74) is 5.92. The number of methoxy groups -OCH3 is 2. The van der Waals surface area contributed by atoms with Gasteiger partial charge in [0, 0.05) is 10.0 Å². The maximum atomic E-state index is 12.8. The molecule has 14 heteroatoms. The summed E-state index contributed by atoms with van der Waals surface area (Å²) >= 11 is 14.7. The zero-order valence-corrected chi connectivity index (χ0v) is 27.6. The predicted octanol–water partition coefficient (Wildman–Crippen LogP) is 7.89. The lowest BCUT2D eigenvalue weighted by Crippen LogP contribution is -2.15. The van der Waals surface area contributed by atoms with Crippen LogP contribution in [0.1, 0.15) is 0 Å². The molecule has 0 atom stereocenters. The zero-order chi connectivity index (χ0) is 32.2. The van der Waals surface area contributed by atoms with E-state index >= 15 is 0 Å². The third-order valence-electron chi connectivity index (χ3n) is 6.81. The number of amides is 2. The normalized spacial score (nSPS) is 11.1. The van der Waals surface area contributed by atoms with Crippen LogP contribution in [0.5, 0.6) is 11.5 Å². The maximum Gasteiger partial charge on any atom is 0.234 e. The fraction of sp³-hybridized carbons (Fsp3) is 0.125. The third kappa shape index (κ3) is 7.37. The van der Waals surface area contributed by atoms with Crippen LogP contribution in [0.4, 0.5) is 11.4 Å². The van der Waals surface area contributed by atoms with Crippen molar-refractivity contribution in [3.8, 4) is 22.6 Å². The molecule has 2 aromatic heterocycles. The number of benzene rings is 4. The number of nitrogens with one attached hydrogen (secondary N) is 4. The van der Waals surface area contributed by atoms with E-state index in [1.165, 1.54) is 23.5 Å². The predicted molar refractivity (Wildman–Crippen MR) is 186 cm³/mol. The molecule has 0 aliphatic carbocycles. The van der Waals surface area contributed by atoms with Crippen LogP contribution in [-0.4, -0.2) is 57.5 Å². The number of halogens is 2. The van der Waals surface area contributed by atoms with Crippen LogP contribution < -0.4 is 20.1 Å². The second-order valence-electron chi connectivity index (χ2n) is 9.91. The van der Waals surface area contributed by atoms with Crippen molar-refractivity contribution in [1.82, 2.24) is 19.9 Å². The van der Waals surface area contributed by atoms with E-state index in [-0.39, 0.29) is 23.3 Å². The number of thioether (sulfide) groups is 2. The summed E-state index contributed by atoms with van der Waals surface area (Å²) < 4.78 is 11.2. The van der Waals surface area contributed by atoms with Gasteiger partial charge in [-0.25, -0.2) is 9.97 Å². The SMILES string of the molecule is COc1cc(-c2ccc(NC(=O)CSc3nc4ccc(Cl)cc4[nH]3)c(OC)c2)ccc1NC(=O)CSc1nc2ccc(Cl)cc2[nH]1. The number of aromatic nitrogens is 4. The van der Waals surface area contributed by atoms with Gasteiger partial charge in [-0.05, 0) is 71.8 Å². The number of nitrogens with zero attached hydrogens (tertiary/aromatic N) is 2. The average molecular weight is 694 g/mol. The molecule has 0 unspecified atom stereocenters. The van der Waals surface area contributed by atoms with E-state index in [4.69, 9.17) is 32.7 Å². The Morgan fingerprint density at radius 2 is 1.11 bits per heavy atom. The number of carbonyl (C=O) groups excluding carboxylic acids is 2. The fourth-order valence-electron chi connectivity index (χ4n) is 4.64. The molecule has 0 bridgehead atoms. The highest BCUT2D eigenvalue weighted by atomic mass is 35.5. The van der Waals surface area contributed by atoms with Gasteiger partial charge in [0.25, 0.3) is 0 Å². The molecule has 0 aliphatic rings. The van der Waals surface area contributed by atoms with Gasteiger partial charge in [-0.15, -0.1) is 0 Å². The third-order valence-corrected chi connectivity index (χ3v) is 9.03. The first-order valence-corrected chi connectivity index (χ1v) is 16.5. The van der Waals surface area contributed by atoms with Gasteiger partial charge in [0.15, 0.2) is 10.3 Å². The number of aromatic amines is 2. The quantitative estimate of drug-likeness (QED) is 0.101. The first-order chi connectivity index (χ1) is 22.3. The number of hydrogen-bond acceptors (Lipinski definition) is 8. The van der Waals surface area contributed by atoms with E-state index in [1.54, 1.807) is 50.6 Å². The van der Waals surface area contributed by atoms with E-state index in [9.17, 15) is 9.59 Å². The Balaban J connectivity index is 1.08. The molecule has 46 heavy (non-hydrogen) atoms. The van der Waals surface area contributed by atoms with Crippen molar-refractivity contribution in [2.75, 3.05) is 36.4 Å². The van der Waals surface area contributed by atoms with E-state index in [1.807, 2.05) is 36.4 Å². The molecule has 4 N–H and O–H groups in total. The fourth-order valence-corrected chi connectivity index (χ4v) is 6.36. The molecule has 0 spiro atoms. The smallest absolute Gasteiger partial charge is 0.234 e. The van der Waals surface area contributed by atoms with Gasteiger partial charge in [-0.2, -0.15) is 0 Å². The van der Waals surface area contributed by atoms with Gasteiger partial charge < -0.3 is 30.1 Å². The summed E-state index contributed by atoms with van der Waals surface area (Å²) in [4.78, 5) is 40.8. The second kappa shape index (κ2) is 14.0. The highest BCUT2D eigenvalue weighted by molar-refractivity contribution is 8.00. The number of ether oxygens (including phenoxy) is 2. The van der Waals surface area contributed by atoms with Crippen LogP contribution in [-0.2, 0) is 9.59 Å². The number of fused-ring (bicyclic) bond motifs is 2. The van der Waals surface area contributed by atoms with Gasteiger partial charge in [0.05, 0.1) is 59.2 Å². The summed E-state index contributed by atoms with van der Waals surface area (Å²) in [6.07, 6.45) is 0. The Hall–Kier alpha value is -4.36. The molecule has 0 saturated carbocycles. The molecule has 0 saturated heterocycles. The minimum Gasteiger partial charge on any atom is -0.495 e. The van der Waals surface area contributed by atoms with E-state index in [2.05, 4.69) is 30.6 Å². The lowest BCUT2D eigenvalue weighted by atomic mass is 10.0. The molecule has 4 aromatic carbocycles. The number of rotatable bonds is 11. The lowest BCUT2D eigenvalue weighted by Gasteiger charge is -2.14. The van der Waals surface area contributed by atoms with Crippen molar-refractivity contribution in [3.05, 3.63) is 82.8 Å². The van der Waals surface area contributed by atoms with E-state index in [0.29, 0.717) is 43.2 Å². The Morgan fingerprint density at radius 1 is 0.674 bits per heavy atom. The number of anilines is 2. The van der Waals surface area contributed by atoms with Crippen LogP contribution in [0.3, 0.4) is 0 Å².